The molecule has 76 valence electrons. The number of halogens is 1. The molecule has 1 rings (SSSR count). The highest BCUT2D eigenvalue weighted by Gasteiger charge is 2.01. The fraction of sp³-hybridized carbons (Fsp3) is 0.300. The molecular weight excluding hydrogens is 201 g/mol. The zero-order valence-corrected chi connectivity index (χ0v) is 8.73. The van der Waals surface area contributed by atoms with Gasteiger partial charge in [0.25, 0.3) is 0 Å². The van der Waals surface area contributed by atoms with Gasteiger partial charge in [-0.15, -0.1) is 0 Å². The van der Waals surface area contributed by atoms with Crippen LogP contribution in [0.1, 0.15) is 12.0 Å². The maximum absolute atomic E-state index is 12.8. The summed E-state index contributed by atoms with van der Waals surface area (Å²) in [6, 6.07) is 4.43. The Hall–Kier alpha value is -1.16. The first-order valence-corrected chi connectivity index (χ1v) is 4.67. The van der Waals surface area contributed by atoms with E-state index in [1.807, 2.05) is 6.92 Å². The predicted octanol–water partition coefficient (Wildman–Crippen LogP) is 2.19. The van der Waals surface area contributed by atoms with Gasteiger partial charge in [-0.25, -0.2) is 4.39 Å². The standard InChI is InChI=1S/C10H12FNOS/c1-7-2-3-8(11)6-9(7)13-5-4-10(12)14/h2-3,6H,4-5H2,1H3,(H2,12,14). The van der Waals surface area contributed by atoms with Crippen molar-refractivity contribution in [1.82, 2.24) is 0 Å². The molecule has 0 saturated carbocycles. The molecule has 0 heterocycles. The van der Waals surface area contributed by atoms with Gasteiger partial charge in [0.2, 0.25) is 0 Å². The molecule has 0 amide bonds. The molecular formula is C10H12FNOS. The summed E-state index contributed by atoms with van der Waals surface area (Å²) >= 11 is 4.69. The van der Waals surface area contributed by atoms with Gasteiger partial charge < -0.3 is 10.5 Å². The van der Waals surface area contributed by atoms with Gasteiger partial charge in [-0.2, -0.15) is 0 Å². The molecule has 0 fully saturated rings. The number of ether oxygens (including phenoxy) is 1. The van der Waals surface area contributed by atoms with Crippen LogP contribution in [0, 0.1) is 12.7 Å². The van der Waals surface area contributed by atoms with Crippen LogP contribution in [0.2, 0.25) is 0 Å². The van der Waals surface area contributed by atoms with E-state index >= 15 is 0 Å². The van der Waals surface area contributed by atoms with Crippen molar-refractivity contribution in [3.63, 3.8) is 0 Å². The van der Waals surface area contributed by atoms with Crippen molar-refractivity contribution in [3.8, 4) is 5.75 Å². The minimum Gasteiger partial charge on any atom is -0.493 e. The SMILES string of the molecule is Cc1ccc(F)cc1OCCC(N)=S. The largest absolute Gasteiger partial charge is 0.493 e. The first kappa shape index (κ1) is 10.9. The van der Waals surface area contributed by atoms with E-state index in [9.17, 15) is 4.39 Å². The van der Waals surface area contributed by atoms with Gasteiger partial charge in [0.05, 0.1) is 11.6 Å². The Labute approximate surface area is 87.9 Å². The van der Waals surface area contributed by atoms with E-state index in [4.69, 9.17) is 22.7 Å². The topological polar surface area (TPSA) is 35.2 Å². The Morgan fingerprint density at radius 2 is 2.29 bits per heavy atom. The molecule has 4 heteroatoms. The summed E-state index contributed by atoms with van der Waals surface area (Å²) < 4.78 is 18.1. The molecule has 1 aromatic rings. The summed E-state index contributed by atoms with van der Waals surface area (Å²) in [4.78, 5) is 0.402. The smallest absolute Gasteiger partial charge is 0.126 e. The van der Waals surface area contributed by atoms with Crippen LogP contribution in [0.5, 0.6) is 5.75 Å². The maximum atomic E-state index is 12.8. The Morgan fingerprint density at radius 3 is 2.93 bits per heavy atom. The van der Waals surface area contributed by atoms with Crippen LogP contribution in [0.3, 0.4) is 0 Å². The number of thiocarbonyl (C=S) groups is 1. The molecule has 0 atom stereocenters. The van der Waals surface area contributed by atoms with Crippen molar-refractivity contribution in [2.24, 2.45) is 5.73 Å². The predicted molar refractivity (Wildman–Crippen MR) is 58.0 cm³/mol. The van der Waals surface area contributed by atoms with Crippen molar-refractivity contribution < 1.29 is 9.13 Å². The number of nitrogens with two attached hydrogens (primary N) is 1. The lowest BCUT2D eigenvalue weighted by Crippen LogP contribution is -2.12. The number of benzene rings is 1. The average molecular weight is 213 g/mol. The van der Waals surface area contributed by atoms with Crippen molar-refractivity contribution in [1.29, 1.82) is 0 Å². The van der Waals surface area contributed by atoms with E-state index in [2.05, 4.69) is 0 Å². The molecule has 0 aliphatic rings. The first-order valence-electron chi connectivity index (χ1n) is 4.27. The molecule has 0 unspecified atom stereocenters. The monoisotopic (exact) mass is 213 g/mol. The van der Waals surface area contributed by atoms with E-state index in [0.29, 0.717) is 23.8 Å². The summed E-state index contributed by atoms with van der Waals surface area (Å²) in [5, 5.41) is 0. The molecule has 0 bridgehead atoms. The zero-order chi connectivity index (χ0) is 10.6. The van der Waals surface area contributed by atoms with Crippen LogP contribution in [-0.4, -0.2) is 11.6 Å². The minimum atomic E-state index is -0.305. The zero-order valence-electron chi connectivity index (χ0n) is 7.92. The van der Waals surface area contributed by atoms with E-state index in [1.54, 1.807) is 6.07 Å². The molecule has 14 heavy (non-hydrogen) atoms. The van der Waals surface area contributed by atoms with Gasteiger partial charge >= 0.3 is 0 Å². The van der Waals surface area contributed by atoms with Gasteiger partial charge in [-0.1, -0.05) is 18.3 Å². The molecule has 0 radical (unpaired) electrons. The highest BCUT2D eigenvalue weighted by Crippen LogP contribution is 2.18. The van der Waals surface area contributed by atoms with Crippen molar-refractivity contribution in [2.45, 2.75) is 13.3 Å². The van der Waals surface area contributed by atoms with Gasteiger partial charge in [-0.05, 0) is 18.6 Å². The third kappa shape index (κ3) is 3.30. The number of hydrogen-bond acceptors (Lipinski definition) is 2. The van der Waals surface area contributed by atoms with Gasteiger partial charge in [0.15, 0.2) is 0 Å². The van der Waals surface area contributed by atoms with Gasteiger partial charge in [-0.3, -0.25) is 0 Å². The summed E-state index contributed by atoms with van der Waals surface area (Å²) in [6.07, 6.45) is 0.505. The third-order valence-corrected chi connectivity index (χ3v) is 1.96. The van der Waals surface area contributed by atoms with Crippen LogP contribution in [0.4, 0.5) is 4.39 Å². The van der Waals surface area contributed by atoms with Crippen molar-refractivity contribution >= 4 is 17.2 Å². The van der Waals surface area contributed by atoms with Gasteiger partial charge in [0, 0.05) is 12.5 Å². The van der Waals surface area contributed by atoms with E-state index in [-0.39, 0.29) is 5.82 Å². The molecule has 0 spiro atoms. The van der Waals surface area contributed by atoms with E-state index < -0.39 is 0 Å². The third-order valence-electron chi connectivity index (χ3n) is 1.76. The second kappa shape index (κ2) is 4.91. The average Bonchev–Trinajstić information content (AvgIpc) is 2.10. The Kier molecular flexibility index (Phi) is 3.83. The van der Waals surface area contributed by atoms with E-state index in [0.717, 1.165) is 5.56 Å². The van der Waals surface area contributed by atoms with Crippen LogP contribution in [-0.2, 0) is 0 Å². The fourth-order valence-electron chi connectivity index (χ4n) is 0.991. The highest BCUT2D eigenvalue weighted by molar-refractivity contribution is 7.80. The molecule has 0 saturated heterocycles. The number of hydrogen-bond donors (Lipinski definition) is 1. The van der Waals surface area contributed by atoms with Crippen molar-refractivity contribution in [2.75, 3.05) is 6.61 Å². The molecule has 0 aromatic heterocycles. The molecule has 0 aliphatic carbocycles. The van der Waals surface area contributed by atoms with E-state index in [1.165, 1.54) is 12.1 Å². The number of aryl methyl sites for hydroxylation is 1. The molecule has 2 N–H and O–H groups in total. The van der Waals surface area contributed by atoms with Crippen LogP contribution in [0.15, 0.2) is 18.2 Å². The molecule has 2 nitrogen and oxygen atoms in total. The lowest BCUT2D eigenvalue weighted by molar-refractivity contribution is 0.325. The summed E-state index contributed by atoms with van der Waals surface area (Å²) in [5.74, 6) is 0.238. The Balaban J connectivity index is 2.57. The molecule has 1 aromatic carbocycles. The Bertz CT molecular complexity index is 341. The maximum Gasteiger partial charge on any atom is 0.126 e. The fourth-order valence-corrected chi connectivity index (χ4v) is 1.07. The summed E-state index contributed by atoms with van der Waals surface area (Å²) in [5.41, 5.74) is 6.20. The minimum absolute atomic E-state index is 0.305. The quantitative estimate of drug-likeness (QED) is 0.779. The van der Waals surface area contributed by atoms with Crippen LogP contribution >= 0.6 is 12.2 Å². The normalized spacial score (nSPS) is 9.86. The highest BCUT2D eigenvalue weighted by atomic mass is 32.1. The summed E-state index contributed by atoms with van der Waals surface area (Å²) in [7, 11) is 0. The Morgan fingerprint density at radius 1 is 1.57 bits per heavy atom. The first-order chi connectivity index (χ1) is 6.59. The second-order valence-corrected chi connectivity index (χ2v) is 3.50. The lowest BCUT2D eigenvalue weighted by Gasteiger charge is -2.08. The summed E-state index contributed by atoms with van der Waals surface area (Å²) in [6.45, 7) is 2.25. The lowest BCUT2D eigenvalue weighted by atomic mass is 10.2. The number of rotatable bonds is 4. The van der Waals surface area contributed by atoms with Crippen LogP contribution < -0.4 is 10.5 Å². The van der Waals surface area contributed by atoms with Crippen molar-refractivity contribution in [3.05, 3.63) is 29.6 Å². The second-order valence-electron chi connectivity index (χ2n) is 2.97. The van der Waals surface area contributed by atoms with Crippen LogP contribution in [0.25, 0.3) is 0 Å². The molecule has 0 aliphatic heterocycles. The van der Waals surface area contributed by atoms with Gasteiger partial charge in [0.1, 0.15) is 11.6 Å².